The molecule has 6 fully saturated rings. The van der Waals surface area contributed by atoms with E-state index in [4.69, 9.17) is 33.2 Å². The number of hydrogen-bond acceptors (Lipinski definition) is 11. The van der Waals surface area contributed by atoms with E-state index in [1.807, 2.05) is 7.11 Å². The molecule has 60 heavy (non-hydrogen) atoms. The van der Waals surface area contributed by atoms with Crippen LogP contribution in [0.5, 0.6) is 5.75 Å². The molecule has 11 nitrogen and oxygen atoms in total. The largest absolute Gasteiger partial charge is 0.497 e. The first kappa shape index (κ1) is 45.7. The van der Waals surface area contributed by atoms with E-state index in [1.54, 1.807) is 52.7 Å². The van der Waals surface area contributed by atoms with Crippen molar-refractivity contribution in [1.29, 1.82) is 0 Å². The molecule has 338 valence electrons. The van der Waals surface area contributed by atoms with Crippen LogP contribution in [0.4, 0.5) is 0 Å². The maximum Gasteiger partial charge on any atom is 0.338 e. The second kappa shape index (κ2) is 19.2. The zero-order valence-electron chi connectivity index (χ0n) is 37.9. The van der Waals surface area contributed by atoms with Crippen molar-refractivity contribution in [2.45, 2.75) is 171 Å². The number of fused-ring (bicyclic) bond motifs is 2. The van der Waals surface area contributed by atoms with Crippen LogP contribution in [0.2, 0.25) is 0 Å². The lowest BCUT2D eigenvalue weighted by Gasteiger charge is -2.69. The highest BCUT2D eigenvalue weighted by atomic mass is 16.6. The van der Waals surface area contributed by atoms with Gasteiger partial charge in [0.2, 0.25) is 0 Å². The van der Waals surface area contributed by atoms with Gasteiger partial charge in [-0.2, -0.15) is 0 Å². The number of piperidine rings is 1. The Morgan fingerprint density at radius 3 is 1.98 bits per heavy atom. The lowest BCUT2D eigenvalue weighted by Crippen LogP contribution is -2.77. The molecule has 1 aromatic carbocycles. The molecule has 0 amide bonds. The molecule has 6 aliphatic rings. The average Bonchev–Trinajstić information content (AvgIpc) is 3.63. The van der Waals surface area contributed by atoms with Crippen LogP contribution in [0.15, 0.2) is 24.3 Å². The van der Waals surface area contributed by atoms with Crippen molar-refractivity contribution in [2.75, 3.05) is 55.2 Å². The van der Waals surface area contributed by atoms with Gasteiger partial charge in [0.05, 0.1) is 37.6 Å². The molecule has 0 radical (unpaired) electrons. The third kappa shape index (κ3) is 7.54. The zero-order chi connectivity index (χ0) is 42.7. The number of unbranched alkanes of at least 4 members (excludes halogenated alkanes) is 12. The molecular weight excluding hydrogens is 763 g/mol. The molecule has 11 heteroatoms. The number of carbonyl (C=O) groups excluding carboxylic acids is 2. The summed E-state index contributed by atoms with van der Waals surface area (Å²) in [5.74, 6) is -1.19. The first-order valence-electron chi connectivity index (χ1n) is 23.7. The third-order valence-corrected chi connectivity index (χ3v) is 16.8. The van der Waals surface area contributed by atoms with Gasteiger partial charge in [0.1, 0.15) is 23.1 Å². The second-order valence-corrected chi connectivity index (χ2v) is 19.5. The quantitative estimate of drug-likeness (QED) is 0.0802. The monoisotopic (exact) mass is 840 g/mol. The Hall–Kier alpha value is -2.28. The fourth-order valence-electron chi connectivity index (χ4n) is 14.7. The van der Waals surface area contributed by atoms with E-state index in [1.165, 1.54) is 64.2 Å². The molecule has 7 rings (SSSR count). The number of carbonyl (C=O) groups is 2. The summed E-state index contributed by atoms with van der Waals surface area (Å²) in [6.07, 6.45) is 16.4. The van der Waals surface area contributed by atoms with Gasteiger partial charge in [0.15, 0.2) is 0 Å². The SMILES string of the molecule is CCCCCCCCCCCCCCCC(=O)O[C@]12C[C@H](OC)[C@@]3(O)CC(C1[C@H]3OC(=O)c1ccc(OC)cc1)[C@@]13C4[C@@H]2[C@H](OC)C1[C@@](COC)(CC[C@@H]3OC)CN4CC. The summed E-state index contributed by atoms with van der Waals surface area (Å²) >= 11 is 0. The number of esters is 2. The Bertz CT molecular complexity index is 1590. The van der Waals surface area contributed by atoms with Crippen molar-refractivity contribution in [3.8, 4) is 5.75 Å². The molecule has 0 aromatic heterocycles. The highest BCUT2D eigenvalue weighted by Gasteiger charge is 2.89. The molecule has 1 aromatic rings. The maximum atomic E-state index is 14.5. The van der Waals surface area contributed by atoms with Crippen LogP contribution in [0, 0.1) is 34.5 Å². The van der Waals surface area contributed by atoms with E-state index < -0.39 is 40.7 Å². The van der Waals surface area contributed by atoms with E-state index in [0.29, 0.717) is 37.2 Å². The molecule has 1 heterocycles. The van der Waals surface area contributed by atoms with E-state index in [2.05, 4.69) is 18.7 Å². The van der Waals surface area contributed by atoms with Crippen LogP contribution in [-0.4, -0.2) is 119 Å². The Labute approximate surface area is 360 Å². The van der Waals surface area contributed by atoms with Crippen LogP contribution >= 0.6 is 0 Å². The molecule has 5 aliphatic carbocycles. The van der Waals surface area contributed by atoms with E-state index >= 15 is 0 Å². The minimum absolute atomic E-state index is 0.0000281. The fourth-order valence-corrected chi connectivity index (χ4v) is 14.7. The molecule has 13 atom stereocenters. The molecular formula is C49H77NO10. The number of benzene rings is 1. The van der Waals surface area contributed by atoms with Crippen molar-refractivity contribution in [1.82, 2.24) is 4.90 Å². The van der Waals surface area contributed by atoms with Gasteiger partial charge in [0.25, 0.3) is 0 Å². The molecule has 5 saturated carbocycles. The van der Waals surface area contributed by atoms with Crippen molar-refractivity contribution in [3.63, 3.8) is 0 Å². The number of nitrogens with zero attached hydrogens (tertiary/aromatic N) is 1. The van der Waals surface area contributed by atoms with Gasteiger partial charge in [-0.05, 0) is 62.4 Å². The van der Waals surface area contributed by atoms with Crippen molar-refractivity contribution < 1.29 is 47.9 Å². The van der Waals surface area contributed by atoms with Crippen molar-refractivity contribution >= 4 is 11.9 Å². The molecule has 1 N–H and O–H groups in total. The van der Waals surface area contributed by atoms with Crippen LogP contribution in [0.1, 0.15) is 140 Å². The minimum Gasteiger partial charge on any atom is -0.497 e. The van der Waals surface area contributed by atoms with Crippen LogP contribution in [-0.2, 0) is 33.2 Å². The van der Waals surface area contributed by atoms with Crippen LogP contribution in [0.3, 0.4) is 0 Å². The summed E-state index contributed by atoms with van der Waals surface area (Å²) in [7, 11) is 8.60. The normalized spacial score (nSPS) is 38.5. The lowest BCUT2D eigenvalue weighted by molar-refractivity contribution is -0.287. The van der Waals surface area contributed by atoms with Crippen LogP contribution in [0.25, 0.3) is 0 Å². The van der Waals surface area contributed by atoms with Gasteiger partial charge in [-0.1, -0.05) is 90.9 Å². The third-order valence-electron chi connectivity index (χ3n) is 16.8. The van der Waals surface area contributed by atoms with Gasteiger partial charge in [0, 0.05) is 82.5 Å². The first-order chi connectivity index (χ1) is 29.1. The Morgan fingerprint density at radius 1 is 0.783 bits per heavy atom. The van der Waals surface area contributed by atoms with Gasteiger partial charge >= 0.3 is 11.9 Å². The number of likely N-dealkylation sites (tertiary alicyclic amines) is 1. The number of rotatable bonds is 24. The molecule has 7 bridgehead atoms. The fraction of sp³-hybridized carbons (Fsp3) is 0.837. The summed E-state index contributed by atoms with van der Waals surface area (Å²) < 4.78 is 44.9. The first-order valence-corrected chi connectivity index (χ1v) is 23.7. The van der Waals surface area contributed by atoms with Crippen LogP contribution < -0.4 is 4.74 Å². The number of hydrogen-bond donors (Lipinski definition) is 1. The summed E-state index contributed by atoms with van der Waals surface area (Å²) in [6, 6.07) is 6.77. The Morgan fingerprint density at radius 2 is 1.42 bits per heavy atom. The molecule has 4 unspecified atom stereocenters. The average molecular weight is 840 g/mol. The predicted molar refractivity (Wildman–Crippen MR) is 229 cm³/mol. The molecule has 1 aliphatic heterocycles. The van der Waals surface area contributed by atoms with E-state index in [-0.39, 0.29) is 47.4 Å². The topological polar surface area (TPSA) is 122 Å². The second-order valence-electron chi connectivity index (χ2n) is 19.5. The smallest absolute Gasteiger partial charge is 0.338 e. The standard InChI is InChI=1S/C49H77NO10/c1-8-10-11-12-13-14-15-16-17-18-19-20-21-22-38(51)60-48-30-37(57-6)47(53)29-35(39(48)44(47)59-45(52)33-23-25-34(55-4)26-24-33)49-36(56-5)27-28-46(32-54-3)31-50(9-2)43(49)40(48)41(58-7)42(46)49/h23-26,35-37,39-44,53H,8-22,27-32H2,1-7H3/t35?,36-,37-,39?,40-,41-,42?,43?,44+,46-,47-,48+,49-/m0/s1. The summed E-state index contributed by atoms with van der Waals surface area (Å²) in [6.45, 7) is 6.68. The summed E-state index contributed by atoms with van der Waals surface area (Å²) in [4.78, 5) is 31.4. The number of aliphatic hydroxyl groups is 1. The van der Waals surface area contributed by atoms with E-state index in [9.17, 15) is 14.7 Å². The van der Waals surface area contributed by atoms with E-state index in [0.717, 1.165) is 45.2 Å². The highest BCUT2D eigenvalue weighted by molar-refractivity contribution is 5.89. The number of methoxy groups -OCH3 is 5. The molecule has 1 saturated heterocycles. The van der Waals surface area contributed by atoms with Gasteiger partial charge in [-0.25, -0.2) is 4.79 Å². The lowest BCUT2D eigenvalue weighted by atomic mass is 9.43. The zero-order valence-corrected chi connectivity index (χ0v) is 37.9. The number of ether oxygens (including phenoxy) is 7. The Balaban J connectivity index is 1.20. The van der Waals surface area contributed by atoms with Gasteiger partial charge in [-0.3, -0.25) is 9.69 Å². The predicted octanol–water partition coefficient (Wildman–Crippen LogP) is 8.18. The molecule has 1 spiro atoms. The summed E-state index contributed by atoms with van der Waals surface area (Å²) in [5.41, 5.74) is -3.06. The van der Waals surface area contributed by atoms with Gasteiger partial charge < -0.3 is 38.3 Å². The minimum atomic E-state index is -1.52. The maximum absolute atomic E-state index is 14.5. The van der Waals surface area contributed by atoms with Gasteiger partial charge in [-0.15, -0.1) is 0 Å². The highest BCUT2D eigenvalue weighted by Crippen LogP contribution is 2.80. The van der Waals surface area contributed by atoms with Crippen molar-refractivity contribution in [3.05, 3.63) is 29.8 Å². The summed E-state index contributed by atoms with van der Waals surface area (Å²) in [5, 5.41) is 13.1. The van der Waals surface area contributed by atoms with Crippen molar-refractivity contribution in [2.24, 2.45) is 34.5 Å². The Kier molecular flexibility index (Phi) is 14.7.